The van der Waals surface area contributed by atoms with Crippen molar-refractivity contribution in [3.63, 3.8) is 0 Å². The lowest BCUT2D eigenvalue weighted by molar-refractivity contribution is 0.00764. The Balaban J connectivity index is 1.63. The molecule has 0 spiro atoms. The van der Waals surface area contributed by atoms with Crippen molar-refractivity contribution in [2.24, 2.45) is 39.4 Å². The Morgan fingerprint density at radius 1 is 0.935 bits per heavy atom. The number of aliphatic hydroxyl groups is 1. The molecule has 0 aromatic rings. The summed E-state index contributed by atoms with van der Waals surface area (Å²) >= 11 is 0. The van der Waals surface area contributed by atoms with Crippen LogP contribution in [0.5, 0.6) is 0 Å². The summed E-state index contributed by atoms with van der Waals surface area (Å²) in [4.78, 5) is 0. The first-order valence-corrected chi connectivity index (χ1v) is 13.5. The van der Waals surface area contributed by atoms with Crippen molar-refractivity contribution in [2.75, 3.05) is 0 Å². The Bertz CT molecular complexity index is 769. The molecule has 4 rings (SSSR count). The van der Waals surface area contributed by atoms with Crippen LogP contribution in [-0.4, -0.2) is 11.2 Å². The highest BCUT2D eigenvalue weighted by molar-refractivity contribution is 5.47. The number of aliphatic hydroxyl groups excluding tert-OH is 1. The van der Waals surface area contributed by atoms with E-state index >= 15 is 0 Å². The monoisotopic (exact) mass is 426 g/mol. The van der Waals surface area contributed by atoms with Gasteiger partial charge in [-0.2, -0.15) is 0 Å². The molecule has 0 aromatic heterocycles. The average molecular weight is 427 g/mol. The zero-order chi connectivity index (χ0) is 22.8. The Labute approximate surface area is 193 Å². The zero-order valence-electron chi connectivity index (χ0n) is 21.9. The number of fused-ring (bicyclic) bond motifs is 4. The lowest BCUT2D eigenvalue weighted by Crippen LogP contribution is -2.50. The predicted molar refractivity (Wildman–Crippen MR) is 133 cm³/mol. The van der Waals surface area contributed by atoms with Crippen LogP contribution in [0.15, 0.2) is 22.8 Å². The van der Waals surface area contributed by atoms with E-state index in [1.165, 1.54) is 44.9 Å². The molecule has 4 aliphatic rings. The van der Waals surface area contributed by atoms with Crippen molar-refractivity contribution in [2.45, 2.75) is 126 Å². The molecule has 0 amide bonds. The third-order valence-electron chi connectivity index (χ3n) is 11.3. The molecule has 2 fully saturated rings. The Kier molecular flexibility index (Phi) is 5.90. The van der Waals surface area contributed by atoms with Gasteiger partial charge in [0.15, 0.2) is 0 Å². The van der Waals surface area contributed by atoms with Crippen LogP contribution in [0, 0.1) is 39.4 Å². The summed E-state index contributed by atoms with van der Waals surface area (Å²) in [5.74, 6) is 2.56. The van der Waals surface area contributed by atoms with Gasteiger partial charge in [-0.3, -0.25) is 0 Å². The second-order valence-corrected chi connectivity index (χ2v) is 13.6. The van der Waals surface area contributed by atoms with Gasteiger partial charge in [0.2, 0.25) is 0 Å². The smallest absolute Gasteiger partial charge is 0.0629 e. The molecule has 1 heteroatoms. The van der Waals surface area contributed by atoms with E-state index in [9.17, 15) is 5.11 Å². The Morgan fingerprint density at radius 3 is 2.32 bits per heavy atom. The minimum absolute atomic E-state index is 0.0870. The third kappa shape index (κ3) is 3.34. The number of hydrogen-bond acceptors (Lipinski definition) is 1. The maximum Gasteiger partial charge on any atom is 0.0629 e. The van der Waals surface area contributed by atoms with Crippen LogP contribution in [0.25, 0.3) is 0 Å². The molecule has 176 valence electrons. The van der Waals surface area contributed by atoms with Crippen molar-refractivity contribution in [3.05, 3.63) is 22.8 Å². The van der Waals surface area contributed by atoms with Crippen LogP contribution in [-0.2, 0) is 0 Å². The van der Waals surface area contributed by atoms with E-state index in [0.717, 1.165) is 37.0 Å². The minimum Gasteiger partial charge on any atom is -0.392 e. The number of hydrogen-bond donors (Lipinski definition) is 1. The molecule has 0 heterocycles. The van der Waals surface area contributed by atoms with Gasteiger partial charge in [0.25, 0.3) is 0 Å². The fourth-order valence-electron chi connectivity index (χ4n) is 9.02. The zero-order valence-corrected chi connectivity index (χ0v) is 21.9. The normalized spacial score (nSPS) is 42.7. The molecule has 4 aliphatic carbocycles. The second kappa shape index (κ2) is 7.75. The van der Waals surface area contributed by atoms with Crippen molar-refractivity contribution in [1.82, 2.24) is 0 Å². The van der Waals surface area contributed by atoms with Gasteiger partial charge < -0.3 is 5.11 Å². The molecule has 0 saturated heterocycles. The summed E-state index contributed by atoms with van der Waals surface area (Å²) in [5.41, 5.74) is 6.06. The van der Waals surface area contributed by atoms with Crippen molar-refractivity contribution in [1.29, 1.82) is 0 Å². The predicted octanol–water partition coefficient (Wildman–Crippen LogP) is 8.48. The van der Waals surface area contributed by atoms with E-state index in [1.54, 1.807) is 11.1 Å². The van der Waals surface area contributed by atoms with Gasteiger partial charge >= 0.3 is 0 Å². The van der Waals surface area contributed by atoms with Gasteiger partial charge in [-0.25, -0.2) is 0 Å². The van der Waals surface area contributed by atoms with Gasteiger partial charge in [0.05, 0.1) is 6.10 Å². The average Bonchev–Trinajstić information content (AvgIpc) is 2.96. The first kappa shape index (κ1) is 23.6. The standard InChI is InChI=1S/C30H50O/c1-20(2)10-9-11-21(3)22-14-18-30(8)24-12-13-25-27(4,5)26(31)16-17-28(25,6)23(24)15-19-29(22,30)7/h13,20-22,26,31H,9-12,14-19H2,1-8H3/t21-,22-,26+,28-,29-,30+/m1/s1. The molecule has 1 nitrogen and oxygen atoms in total. The molecule has 1 N–H and O–H groups in total. The van der Waals surface area contributed by atoms with Crippen LogP contribution < -0.4 is 0 Å². The van der Waals surface area contributed by atoms with E-state index in [0.29, 0.717) is 10.8 Å². The molecule has 0 radical (unpaired) electrons. The van der Waals surface area contributed by atoms with E-state index in [2.05, 4.69) is 61.5 Å². The lowest BCUT2D eigenvalue weighted by atomic mass is 9.46. The number of rotatable bonds is 5. The maximum atomic E-state index is 10.8. The molecule has 6 atom stereocenters. The molecular weight excluding hydrogens is 376 g/mol. The summed E-state index contributed by atoms with van der Waals surface area (Å²) in [6, 6.07) is 0. The largest absolute Gasteiger partial charge is 0.392 e. The molecule has 0 aromatic carbocycles. The van der Waals surface area contributed by atoms with Gasteiger partial charge in [0, 0.05) is 10.8 Å². The molecule has 0 unspecified atom stereocenters. The first-order chi connectivity index (χ1) is 14.4. The highest BCUT2D eigenvalue weighted by Gasteiger charge is 2.61. The van der Waals surface area contributed by atoms with Crippen LogP contribution in [0.3, 0.4) is 0 Å². The summed E-state index contributed by atoms with van der Waals surface area (Å²) in [5, 5.41) is 10.8. The lowest BCUT2D eigenvalue weighted by Gasteiger charge is -2.59. The van der Waals surface area contributed by atoms with E-state index < -0.39 is 0 Å². The van der Waals surface area contributed by atoms with Crippen molar-refractivity contribution >= 4 is 0 Å². The van der Waals surface area contributed by atoms with Gasteiger partial charge in [0.1, 0.15) is 0 Å². The highest BCUT2D eigenvalue weighted by atomic mass is 16.3. The summed E-state index contributed by atoms with van der Waals surface area (Å²) in [7, 11) is 0. The maximum absolute atomic E-state index is 10.8. The molecule has 2 saturated carbocycles. The minimum atomic E-state index is -0.194. The van der Waals surface area contributed by atoms with Crippen LogP contribution in [0.4, 0.5) is 0 Å². The Hall–Kier alpha value is -0.560. The van der Waals surface area contributed by atoms with Crippen molar-refractivity contribution in [3.8, 4) is 0 Å². The summed E-state index contributed by atoms with van der Waals surface area (Å²) < 4.78 is 0. The fraction of sp³-hybridized carbons (Fsp3) is 0.867. The SMILES string of the molecule is CC(C)CCC[C@@H](C)[C@H]1CC[C@@]2(C)C3=C(CC[C@]12C)[C@@]1(C)CC[C@H](O)C(C)(C)C1=CC3. The molecule has 0 bridgehead atoms. The van der Waals surface area contributed by atoms with E-state index in [1.807, 2.05) is 5.57 Å². The van der Waals surface area contributed by atoms with Crippen molar-refractivity contribution < 1.29 is 5.11 Å². The fourth-order valence-corrected chi connectivity index (χ4v) is 9.02. The second-order valence-electron chi connectivity index (χ2n) is 13.6. The van der Waals surface area contributed by atoms with Gasteiger partial charge in [-0.1, -0.05) is 97.4 Å². The Morgan fingerprint density at radius 2 is 1.65 bits per heavy atom. The number of allylic oxidation sites excluding steroid dienone is 3. The van der Waals surface area contributed by atoms with Crippen LogP contribution >= 0.6 is 0 Å². The summed E-state index contributed by atoms with van der Waals surface area (Å²) in [6.45, 7) is 19.7. The third-order valence-corrected chi connectivity index (χ3v) is 11.3. The van der Waals surface area contributed by atoms with Gasteiger partial charge in [-0.05, 0) is 73.5 Å². The topological polar surface area (TPSA) is 20.2 Å². The van der Waals surface area contributed by atoms with Crippen LogP contribution in [0.2, 0.25) is 0 Å². The van der Waals surface area contributed by atoms with E-state index in [-0.39, 0.29) is 16.9 Å². The quantitative estimate of drug-likeness (QED) is 0.437. The van der Waals surface area contributed by atoms with E-state index in [4.69, 9.17) is 0 Å². The molecular formula is C30H50O. The first-order valence-electron chi connectivity index (χ1n) is 13.5. The summed E-state index contributed by atoms with van der Waals surface area (Å²) in [6.07, 6.45) is 15.2. The highest BCUT2D eigenvalue weighted by Crippen LogP contribution is 2.71. The molecule has 0 aliphatic heterocycles. The van der Waals surface area contributed by atoms with Crippen LogP contribution in [0.1, 0.15) is 120 Å². The molecule has 31 heavy (non-hydrogen) atoms. The van der Waals surface area contributed by atoms with Gasteiger partial charge in [-0.15, -0.1) is 0 Å².